The van der Waals surface area contributed by atoms with Crippen LogP contribution in [0.2, 0.25) is 0 Å². The molecule has 0 radical (unpaired) electrons. The van der Waals surface area contributed by atoms with Gasteiger partial charge in [0.05, 0.1) is 5.92 Å². The minimum atomic E-state index is -0.853. The molecule has 0 saturated heterocycles. The molecule has 0 fully saturated rings. The fraction of sp³-hybridized carbons (Fsp3) is 0.417. The maximum atomic E-state index is 13.1. The number of benzene rings is 1. The molecule has 80 valence electrons. The molecular weight excluding hydrogens is 195 g/mol. The van der Waals surface area contributed by atoms with Gasteiger partial charge in [-0.1, -0.05) is 13.0 Å². The molecule has 1 aliphatic carbocycles. The summed E-state index contributed by atoms with van der Waals surface area (Å²) < 4.78 is 13.1. The molecule has 2 unspecified atom stereocenters. The molecule has 1 N–H and O–H groups in total. The minimum absolute atomic E-state index is 0.330. The van der Waals surface area contributed by atoms with E-state index in [1.165, 1.54) is 12.1 Å². The summed E-state index contributed by atoms with van der Waals surface area (Å²) >= 11 is 0. The van der Waals surface area contributed by atoms with E-state index < -0.39 is 11.9 Å². The zero-order chi connectivity index (χ0) is 11.0. The first-order valence-corrected chi connectivity index (χ1v) is 5.11. The Kier molecular flexibility index (Phi) is 2.47. The number of carbonyl (C=O) groups is 1. The van der Waals surface area contributed by atoms with Crippen molar-refractivity contribution < 1.29 is 14.3 Å². The predicted molar refractivity (Wildman–Crippen MR) is 54.4 cm³/mol. The van der Waals surface area contributed by atoms with E-state index in [1.807, 2.05) is 0 Å². The SMILES string of the molecule is CC1CCC(C(=O)O)c2cc(F)ccc21. The Labute approximate surface area is 87.7 Å². The first-order valence-electron chi connectivity index (χ1n) is 5.11. The molecular formula is C12H13FO2. The minimum Gasteiger partial charge on any atom is -0.481 e. The molecule has 1 aliphatic rings. The van der Waals surface area contributed by atoms with Gasteiger partial charge in [0, 0.05) is 0 Å². The summed E-state index contributed by atoms with van der Waals surface area (Å²) in [6.45, 7) is 2.05. The molecule has 1 aromatic carbocycles. The van der Waals surface area contributed by atoms with Gasteiger partial charge >= 0.3 is 5.97 Å². The van der Waals surface area contributed by atoms with E-state index in [-0.39, 0.29) is 5.82 Å². The second-order valence-electron chi connectivity index (χ2n) is 4.14. The van der Waals surface area contributed by atoms with Gasteiger partial charge in [-0.2, -0.15) is 0 Å². The van der Waals surface area contributed by atoms with Gasteiger partial charge in [-0.3, -0.25) is 4.79 Å². The number of rotatable bonds is 1. The molecule has 0 bridgehead atoms. The number of hydrogen-bond donors (Lipinski definition) is 1. The van der Waals surface area contributed by atoms with Gasteiger partial charge < -0.3 is 5.11 Å². The molecule has 0 aromatic heterocycles. The first-order chi connectivity index (χ1) is 7.09. The highest BCUT2D eigenvalue weighted by Crippen LogP contribution is 2.38. The predicted octanol–water partition coefficient (Wildman–Crippen LogP) is 2.89. The van der Waals surface area contributed by atoms with Crippen molar-refractivity contribution in [3.63, 3.8) is 0 Å². The number of carboxylic acid groups (broad SMARTS) is 1. The second-order valence-corrected chi connectivity index (χ2v) is 4.14. The zero-order valence-corrected chi connectivity index (χ0v) is 8.53. The van der Waals surface area contributed by atoms with Crippen molar-refractivity contribution in [1.29, 1.82) is 0 Å². The zero-order valence-electron chi connectivity index (χ0n) is 8.53. The van der Waals surface area contributed by atoms with E-state index in [0.29, 0.717) is 17.9 Å². The van der Waals surface area contributed by atoms with Crippen LogP contribution in [-0.2, 0) is 4.79 Å². The lowest BCUT2D eigenvalue weighted by Gasteiger charge is -2.27. The van der Waals surface area contributed by atoms with Crippen LogP contribution in [0.25, 0.3) is 0 Å². The van der Waals surface area contributed by atoms with E-state index in [4.69, 9.17) is 5.11 Å². The lowest BCUT2D eigenvalue weighted by molar-refractivity contribution is -0.139. The normalized spacial score (nSPS) is 24.7. The quantitative estimate of drug-likeness (QED) is 0.770. The molecule has 15 heavy (non-hydrogen) atoms. The summed E-state index contributed by atoms with van der Waals surface area (Å²) in [4.78, 5) is 11.0. The summed E-state index contributed by atoms with van der Waals surface area (Å²) in [6.07, 6.45) is 1.46. The van der Waals surface area contributed by atoms with Gasteiger partial charge in [-0.25, -0.2) is 4.39 Å². The van der Waals surface area contributed by atoms with Crippen molar-refractivity contribution >= 4 is 5.97 Å². The monoisotopic (exact) mass is 208 g/mol. The third kappa shape index (κ3) is 1.74. The van der Waals surface area contributed by atoms with Crippen LogP contribution < -0.4 is 0 Å². The van der Waals surface area contributed by atoms with Gasteiger partial charge in [0.2, 0.25) is 0 Å². The van der Waals surface area contributed by atoms with Crippen molar-refractivity contribution in [2.45, 2.75) is 31.6 Å². The van der Waals surface area contributed by atoms with Crippen molar-refractivity contribution in [3.8, 4) is 0 Å². The molecule has 2 rings (SSSR count). The molecule has 1 aromatic rings. The Balaban J connectivity index is 2.51. The van der Waals surface area contributed by atoms with E-state index in [0.717, 1.165) is 12.0 Å². The molecule has 0 aliphatic heterocycles. The van der Waals surface area contributed by atoms with E-state index in [9.17, 15) is 9.18 Å². The molecule has 0 saturated carbocycles. The van der Waals surface area contributed by atoms with E-state index in [1.54, 1.807) is 6.07 Å². The number of carboxylic acids is 1. The Bertz CT molecular complexity index is 401. The Morgan fingerprint density at radius 3 is 2.80 bits per heavy atom. The summed E-state index contributed by atoms with van der Waals surface area (Å²) in [5.41, 5.74) is 1.64. The van der Waals surface area contributed by atoms with Crippen LogP contribution in [0.15, 0.2) is 18.2 Å². The van der Waals surface area contributed by atoms with Crippen LogP contribution in [0.1, 0.15) is 42.7 Å². The molecule has 2 nitrogen and oxygen atoms in total. The molecule has 0 heterocycles. The maximum absolute atomic E-state index is 13.1. The van der Waals surface area contributed by atoms with E-state index in [2.05, 4.69) is 6.92 Å². The van der Waals surface area contributed by atoms with Crippen LogP contribution in [-0.4, -0.2) is 11.1 Å². The topological polar surface area (TPSA) is 37.3 Å². The number of halogens is 1. The van der Waals surface area contributed by atoms with Gasteiger partial charge in [-0.05, 0) is 42.0 Å². The standard InChI is InChI=1S/C12H13FO2/c1-7-2-4-10(12(14)15)11-6-8(13)3-5-9(7)11/h3,5-7,10H,2,4H2,1H3,(H,14,15). The Hall–Kier alpha value is -1.38. The lowest BCUT2D eigenvalue weighted by Crippen LogP contribution is -2.19. The summed E-state index contributed by atoms with van der Waals surface area (Å²) in [7, 11) is 0. The van der Waals surface area contributed by atoms with Crippen LogP contribution in [0.5, 0.6) is 0 Å². The highest BCUT2D eigenvalue weighted by molar-refractivity contribution is 5.77. The number of aliphatic carboxylic acids is 1. The summed E-state index contributed by atoms with van der Waals surface area (Å²) in [5.74, 6) is -1.41. The average Bonchev–Trinajstić information content (AvgIpc) is 2.17. The highest BCUT2D eigenvalue weighted by Gasteiger charge is 2.29. The summed E-state index contributed by atoms with van der Waals surface area (Å²) in [6, 6.07) is 4.48. The number of hydrogen-bond acceptors (Lipinski definition) is 1. The fourth-order valence-corrected chi connectivity index (χ4v) is 2.28. The Morgan fingerprint density at radius 1 is 1.40 bits per heavy atom. The largest absolute Gasteiger partial charge is 0.481 e. The Morgan fingerprint density at radius 2 is 2.13 bits per heavy atom. The van der Waals surface area contributed by atoms with Crippen molar-refractivity contribution in [2.75, 3.05) is 0 Å². The molecule has 3 heteroatoms. The average molecular weight is 208 g/mol. The molecule has 0 amide bonds. The summed E-state index contributed by atoms with van der Waals surface area (Å²) in [5, 5.41) is 9.04. The third-order valence-electron chi connectivity index (χ3n) is 3.14. The van der Waals surface area contributed by atoms with Gasteiger partial charge in [-0.15, -0.1) is 0 Å². The van der Waals surface area contributed by atoms with E-state index >= 15 is 0 Å². The van der Waals surface area contributed by atoms with Crippen LogP contribution >= 0.6 is 0 Å². The fourth-order valence-electron chi connectivity index (χ4n) is 2.28. The van der Waals surface area contributed by atoms with Crippen molar-refractivity contribution in [3.05, 3.63) is 35.1 Å². The molecule has 0 spiro atoms. The maximum Gasteiger partial charge on any atom is 0.310 e. The van der Waals surface area contributed by atoms with Gasteiger partial charge in [0.1, 0.15) is 5.82 Å². The second kappa shape index (κ2) is 3.65. The highest BCUT2D eigenvalue weighted by atomic mass is 19.1. The lowest BCUT2D eigenvalue weighted by atomic mass is 9.77. The molecule has 2 atom stereocenters. The first kappa shape index (κ1) is 10.1. The third-order valence-corrected chi connectivity index (χ3v) is 3.14. The van der Waals surface area contributed by atoms with Crippen molar-refractivity contribution in [1.82, 2.24) is 0 Å². The van der Waals surface area contributed by atoms with Crippen LogP contribution in [0.4, 0.5) is 4.39 Å². The van der Waals surface area contributed by atoms with Crippen LogP contribution in [0, 0.1) is 5.82 Å². The number of fused-ring (bicyclic) bond motifs is 1. The van der Waals surface area contributed by atoms with Gasteiger partial charge in [0.25, 0.3) is 0 Å². The smallest absolute Gasteiger partial charge is 0.310 e. The van der Waals surface area contributed by atoms with Gasteiger partial charge in [0.15, 0.2) is 0 Å². The van der Waals surface area contributed by atoms with Crippen molar-refractivity contribution in [2.24, 2.45) is 0 Å². The van der Waals surface area contributed by atoms with Crippen LogP contribution in [0.3, 0.4) is 0 Å².